The normalized spacial score (nSPS) is 15.0. The van der Waals surface area contributed by atoms with Gasteiger partial charge in [0.2, 0.25) is 10.9 Å². The molecular formula is C17H19FN6OS. The Morgan fingerprint density at radius 3 is 2.58 bits per heavy atom. The maximum absolute atomic E-state index is 13.0. The van der Waals surface area contributed by atoms with E-state index in [4.69, 9.17) is 0 Å². The molecule has 0 unspecified atom stereocenters. The van der Waals surface area contributed by atoms with Crippen LogP contribution in [0.3, 0.4) is 0 Å². The van der Waals surface area contributed by atoms with Gasteiger partial charge in [-0.25, -0.2) is 4.39 Å². The first-order valence-electron chi connectivity index (χ1n) is 8.56. The average molecular weight is 374 g/mol. The Kier molecular flexibility index (Phi) is 4.54. The highest BCUT2D eigenvalue weighted by molar-refractivity contribution is 7.16. The molecule has 2 aromatic heterocycles. The van der Waals surface area contributed by atoms with Crippen molar-refractivity contribution in [2.45, 2.75) is 19.8 Å². The van der Waals surface area contributed by atoms with E-state index >= 15 is 0 Å². The van der Waals surface area contributed by atoms with Crippen LogP contribution in [0.4, 0.5) is 10.1 Å². The van der Waals surface area contributed by atoms with Gasteiger partial charge in [-0.3, -0.25) is 4.79 Å². The van der Waals surface area contributed by atoms with Crippen molar-refractivity contribution in [3.63, 3.8) is 0 Å². The van der Waals surface area contributed by atoms with E-state index in [1.807, 2.05) is 11.8 Å². The predicted molar refractivity (Wildman–Crippen MR) is 96.9 cm³/mol. The molecule has 0 N–H and O–H groups in total. The quantitative estimate of drug-likeness (QED) is 0.698. The zero-order valence-corrected chi connectivity index (χ0v) is 15.2. The van der Waals surface area contributed by atoms with Crippen LogP contribution in [0.1, 0.15) is 17.3 Å². The van der Waals surface area contributed by atoms with Crippen molar-refractivity contribution in [1.82, 2.24) is 24.7 Å². The van der Waals surface area contributed by atoms with Gasteiger partial charge >= 0.3 is 0 Å². The first-order valence-corrected chi connectivity index (χ1v) is 9.38. The van der Waals surface area contributed by atoms with Crippen LogP contribution < -0.4 is 4.90 Å². The molecule has 0 spiro atoms. The lowest BCUT2D eigenvalue weighted by atomic mass is 10.2. The Bertz CT molecular complexity index is 913. The van der Waals surface area contributed by atoms with Crippen LogP contribution in [-0.2, 0) is 11.2 Å². The first kappa shape index (κ1) is 16.9. The fourth-order valence-corrected chi connectivity index (χ4v) is 3.97. The van der Waals surface area contributed by atoms with E-state index in [0.29, 0.717) is 25.9 Å². The largest absolute Gasteiger partial charge is 0.368 e. The third kappa shape index (κ3) is 3.39. The lowest BCUT2D eigenvalue weighted by molar-refractivity contribution is -0.131. The van der Waals surface area contributed by atoms with Crippen LogP contribution in [0.5, 0.6) is 0 Å². The number of fused-ring (bicyclic) bond motifs is 1. The number of aryl methyl sites for hydroxylation is 2. The van der Waals surface area contributed by atoms with E-state index in [0.717, 1.165) is 34.6 Å². The smallest absolute Gasteiger partial charge is 0.234 e. The van der Waals surface area contributed by atoms with Crippen molar-refractivity contribution >= 4 is 27.9 Å². The first-order chi connectivity index (χ1) is 12.6. The standard InChI is InChI=1S/C17H19FN6OS/c1-12-19-20-17-24(12)21-15(26-17)6-7-16(25)23-10-8-22(9-11-23)14-4-2-13(18)3-5-14/h2-5H,6-11H2,1H3. The number of hydrogen-bond acceptors (Lipinski definition) is 6. The minimum absolute atomic E-state index is 0.145. The summed E-state index contributed by atoms with van der Waals surface area (Å²) in [6.07, 6.45) is 1.06. The van der Waals surface area contributed by atoms with Crippen LogP contribution in [0, 0.1) is 12.7 Å². The topological polar surface area (TPSA) is 66.6 Å². The number of carbonyl (C=O) groups excluding carboxylic acids is 1. The number of hydrogen-bond donors (Lipinski definition) is 0. The van der Waals surface area contributed by atoms with E-state index in [-0.39, 0.29) is 11.7 Å². The van der Waals surface area contributed by atoms with Crippen LogP contribution in [0.2, 0.25) is 0 Å². The molecule has 26 heavy (non-hydrogen) atoms. The molecule has 1 fully saturated rings. The minimum Gasteiger partial charge on any atom is -0.368 e. The lowest BCUT2D eigenvalue weighted by Gasteiger charge is -2.36. The van der Waals surface area contributed by atoms with Crippen LogP contribution in [0.15, 0.2) is 24.3 Å². The van der Waals surface area contributed by atoms with Gasteiger partial charge in [0.15, 0.2) is 5.82 Å². The Morgan fingerprint density at radius 2 is 1.88 bits per heavy atom. The summed E-state index contributed by atoms with van der Waals surface area (Å²) in [4.78, 5) is 17.3. The lowest BCUT2D eigenvalue weighted by Crippen LogP contribution is -2.48. The summed E-state index contributed by atoms with van der Waals surface area (Å²) < 4.78 is 14.7. The van der Waals surface area contributed by atoms with Gasteiger partial charge in [-0.2, -0.15) is 9.61 Å². The predicted octanol–water partition coefficient (Wildman–Crippen LogP) is 1.91. The molecular weight excluding hydrogens is 355 g/mol. The second-order valence-corrected chi connectivity index (χ2v) is 7.32. The van der Waals surface area contributed by atoms with Crippen molar-refractivity contribution in [3.05, 3.63) is 40.9 Å². The van der Waals surface area contributed by atoms with Gasteiger partial charge in [0.1, 0.15) is 10.8 Å². The Labute approximate surface area is 154 Å². The number of anilines is 1. The molecule has 0 atom stereocenters. The van der Waals surface area contributed by atoms with Gasteiger partial charge < -0.3 is 9.80 Å². The third-order valence-corrected chi connectivity index (χ3v) is 5.52. The molecule has 9 heteroatoms. The summed E-state index contributed by atoms with van der Waals surface area (Å²) in [6, 6.07) is 6.49. The molecule has 0 radical (unpaired) electrons. The molecule has 1 saturated heterocycles. The number of amides is 1. The van der Waals surface area contributed by atoms with Crippen molar-refractivity contribution in [2.75, 3.05) is 31.1 Å². The summed E-state index contributed by atoms with van der Waals surface area (Å²) >= 11 is 1.47. The Balaban J connectivity index is 1.29. The molecule has 7 nitrogen and oxygen atoms in total. The maximum Gasteiger partial charge on any atom is 0.234 e. The molecule has 0 bridgehead atoms. The highest BCUT2D eigenvalue weighted by Crippen LogP contribution is 2.18. The zero-order chi connectivity index (χ0) is 18.1. The maximum atomic E-state index is 13.0. The number of benzene rings is 1. The fourth-order valence-electron chi connectivity index (χ4n) is 3.09. The highest BCUT2D eigenvalue weighted by Gasteiger charge is 2.21. The summed E-state index contributed by atoms with van der Waals surface area (Å²) in [6.45, 7) is 4.73. The van der Waals surface area contributed by atoms with Gasteiger partial charge in [-0.05, 0) is 31.2 Å². The number of piperazine rings is 1. The molecule has 1 aliphatic heterocycles. The second-order valence-electron chi connectivity index (χ2n) is 6.28. The van der Waals surface area contributed by atoms with Gasteiger partial charge in [0.25, 0.3) is 0 Å². The number of carbonyl (C=O) groups is 1. The molecule has 1 aliphatic rings. The van der Waals surface area contributed by atoms with Gasteiger partial charge in [-0.15, -0.1) is 10.2 Å². The second kappa shape index (κ2) is 6.99. The van der Waals surface area contributed by atoms with Gasteiger partial charge in [0, 0.05) is 44.7 Å². The molecule has 0 saturated carbocycles. The monoisotopic (exact) mass is 374 g/mol. The van der Waals surface area contributed by atoms with Crippen molar-refractivity contribution in [3.8, 4) is 0 Å². The third-order valence-electron chi connectivity index (χ3n) is 4.57. The Morgan fingerprint density at radius 1 is 1.15 bits per heavy atom. The minimum atomic E-state index is -0.233. The highest BCUT2D eigenvalue weighted by atomic mass is 32.1. The van der Waals surface area contributed by atoms with E-state index < -0.39 is 0 Å². The molecule has 1 aromatic carbocycles. The number of halogens is 1. The summed E-state index contributed by atoms with van der Waals surface area (Å²) in [5, 5.41) is 13.4. The molecule has 136 valence electrons. The number of aromatic nitrogens is 4. The van der Waals surface area contributed by atoms with Crippen molar-refractivity contribution in [1.29, 1.82) is 0 Å². The van der Waals surface area contributed by atoms with E-state index in [1.165, 1.54) is 23.5 Å². The van der Waals surface area contributed by atoms with E-state index in [1.54, 1.807) is 16.6 Å². The molecule has 0 aliphatic carbocycles. The molecule has 4 rings (SSSR count). The van der Waals surface area contributed by atoms with Gasteiger partial charge in [0.05, 0.1) is 0 Å². The Hall–Kier alpha value is -2.55. The SMILES string of the molecule is Cc1nnc2sc(CCC(=O)N3CCN(c4ccc(F)cc4)CC3)nn12. The van der Waals surface area contributed by atoms with Crippen molar-refractivity contribution < 1.29 is 9.18 Å². The average Bonchev–Trinajstić information content (AvgIpc) is 3.22. The molecule has 3 aromatic rings. The zero-order valence-electron chi connectivity index (χ0n) is 14.4. The number of rotatable bonds is 4. The van der Waals surface area contributed by atoms with E-state index in [2.05, 4.69) is 20.2 Å². The summed E-state index contributed by atoms with van der Waals surface area (Å²) in [7, 11) is 0. The molecule has 1 amide bonds. The van der Waals surface area contributed by atoms with Crippen LogP contribution in [0.25, 0.3) is 4.96 Å². The van der Waals surface area contributed by atoms with Crippen LogP contribution >= 0.6 is 11.3 Å². The molecule has 3 heterocycles. The summed E-state index contributed by atoms with van der Waals surface area (Å²) in [5.74, 6) is 0.667. The summed E-state index contributed by atoms with van der Waals surface area (Å²) in [5.41, 5.74) is 0.994. The van der Waals surface area contributed by atoms with E-state index in [9.17, 15) is 9.18 Å². The fraction of sp³-hybridized carbons (Fsp3) is 0.412. The van der Waals surface area contributed by atoms with Crippen molar-refractivity contribution in [2.24, 2.45) is 0 Å². The number of nitrogens with zero attached hydrogens (tertiary/aromatic N) is 6. The van der Waals surface area contributed by atoms with Crippen LogP contribution in [-0.4, -0.2) is 56.8 Å². The van der Waals surface area contributed by atoms with Gasteiger partial charge in [-0.1, -0.05) is 11.3 Å².